The largest absolute Gasteiger partial charge is 0.480 e. The number of nitrogens with one attached hydrogen (secondary N) is 1. The van der Waals surface area contributed by atoms with E-state index in [9.17, 15) is 9.90 Å². The van der Waals surface area contributed by atoms with Gasteiger partial charge in [0.1, 0.15) is 5.54 Å². The third kappa shape index (κ3) is 2.92. The highest BCUT2D eigenvalue weighted by atomic mass is 16.4. The summed E-state index contributed by atoms with van der Waals surface area (Å²) >= 11 is 0. The Morgan fingerprint density at radius 3 is 2.40 bits per heavy atom. The number of nitrogens with zero attached hydrogens (tertiary/aromatic N) is 1. The summed E-state index contributed by atoms with van der Waals surface area (Å²) in [7, 11) is 0. The minimum atomic E-state index is -0.698. The number of hydrogen-bond acceptors (Lipinski definition) is 3. The van der Waals surface area contributed by atoms with Crippen LogP contribution in [0.3, 0.4) is 0 Å². The van der Waals surface area contributed by atoms with Gasteiger partial charge in [-0.3, -0.25) is 9.69 Å². The first-order valence-corrected chi connectivity index (χ1v) is 5.66. The predicted molar refractivity (Wildman–Crippen MR) is 59.9 cm³/mol. The Labute approximate surface area is 91.6 Å². The summed E-state index contributed by atoms with van der Waals surface area (Å²) in [5, 5.41) is 12.6. The van der Waals surface area contributed by atoms with Gasteiger partial charge in [0, 0.05) is 26.2 Å². The molecule has 1 unspecified atom stereocenters. The fourth-order valence-corrected chi connectivity index (χ4v) is 2.30. The summed E-state index contributed by atoms with van der Waals surface area (Å²) in [6, 6.07) is 0. The molecule has 15 heavy (non-hydrogen) atoms. The van der Waals surface area contributed by atoms with Crippen molar-refractivity contribution in [2.75, 3.05) is 26.2 Å². The highest BCUT2D eigenvalue weighted by molar-refractivity contribution is 5.78. The Hall–Kier alpha value is -0.610. The van der Waals surface area contributed by atoms with Crippen molar-refractivity contribution in [3.8, 4) is 0 Å². The molecule has 1 aliphatic heterocycles. The quantitative estimate of drug-likeness (QED) is 0.726. The Morgan fingerprint density at radius 1 is 1.47 bits per heavy atom. The molecule has 0 amide bonds. The van der Waals surface area contributed by atoms with Crippen LogP contribution in [0.4, 0.5) is 0 Å². The monoisotopic (exact) mass is 214 g/mol. The van der Waals surface area contributed by atoms with Crippen molar-refractivity contribution in [2.45, 2.75) is 32.7 Å². The van der Waals surface area contributed by atoms with Crippen molar-refractivity contribution in [3.05, 3.63) is 0 Å². The van der Waals surface area contributed by atoms with Gasteiger partial charge >= 0.3 is 5.97 Å². The summed E-state index contributed by atoms with van der Waals surface area (Å²) in [5.41, 5.74) is -0.698. The van der Waals surface area contributed by atoms with Gasteiger partial charge in [-0.05, 0) is 19.3 Å². The molecule has 1 aliphatic rings. The van der Waals surface area contributed by atoms with Crippen LogP contribution in [0.1, 0.15) is 27.2 Å². The Kier molecular flexibility index (Phi) is 4.11. The molecular formula is C11H22N2O2. The number of hydrogen-bond donors (Lipinski definition) is 2. The van der Waals surface area contributed by atoms with Crippen LogP contribution < -0.4 is 5.32 Å². The topological polar surface area (TPSA) is 52.6 Å². The second-order valence-electron chi connectivity index (χ2n) is 4.91. The molecule has 0 aromatic rings. The third-order valence-corrected chi connectivity index (χ3v) is 3.08. The fraction of sp³-hybridized carbons (Fsp3) is 0.909. The number of carbonyl (C=O) groups is 1. The zero-order valence-corrected chi connectivity index (χ0v) is 9.92. The molecule has 0 radical (unpaired) electrons. The van der Waals surface area contributed by atoms with Crippen LogP contribution in [-0.2, 0) is 4.79 Å². The lowest BCUT2D eigenvalue weighted by molar-refractivity contribution is -0.152. The molecule has 0 aromatic heterocycles. The highest BCUT2D eigenvalue weighted by Crippen LogP contribution is 2.24. The first-order valence-electron chi connectivity index (χ1n) is 5.66. The first kappa shape index (κ1) is 12.5. The Morgan fingerprint density at radius 2 is 2.00 bits per heavy atom. The van der Waals surface area contributed by atoms with E-state index >= 15 is 0 Å². The van der Waals surface area contributed by atoms with Gasteiger partial charge in [-0.1, -0.05) is 13.8 Å². The van der Waals surface area contributed by atoms with Gasteiger partial charge in [0.05, 0.1) is 0 Å². The highest BCUT2D eigenvalue weighted by Gasteiger charge is 2.40. The van der Waals surface area contributed by atoms with E-state index in [4.69, 9.17) is 0 Å². The molecule has 0 spiro atoms. The third-order valence-electron chi connectivity index (χ3n) is 3.08. The molecular weight excluding hydrogens is 192 g/mol. The van der Waals surface area contributed by atoms with Gasteiger partial charge in [-0.15, -0.1) is 0 Å². The maximum Gasteiger partial charge on any atom is 0.323 e. The molecule has 4 heteroatoms. The summed E-state index contributed by atoms with van der Waals surface area (Å²) in [5.74, 6) is -0.293. The molecule has 88 valence electrons. The minimum Gasteiger partial charge on any atom is -0.480 e. The van der Waals surface area contributed by atoms with E-state index in [0.717, 1.165) is 26.2 Å². The second kappa shape index (κ2) is 4.94. The lowest BCUT2D eigenvalue weighted by Crippen LogP contribution is -2.59. The van der Waals surface area contributed by atoms with Crippen molar-refractivity contribution in [1.82, 2.24) is 10.2 Å². The van der Waals surface area contributed by atoms with E-state index in [1.165, 1.54) is 0 Å². The molecule has 0 bridgehead atoms. The van der Waals surface area contributed by atoms with E-state index in [-0.39, 0.29) is 0 Å². The van der Waals surface area contributed by atoms with Crippen LogP contribution in [0.2, 0.25) is 0 Å². The number of carboxylic acids is 1. The average Bonchev–Trinajstić information content (AvgIpc) is 2.17. The number of piperazine rings is 1. The summed E-state index contributed by atoms with van der Waals surface area (Å²) < 4.78 is 0. The maximum absolute atomic E-state index is 11.4. The number of aliphatic carboxylic acids is 1. The van der Waals surface area contributed by atoms with Crippen molar-refractivity contribution in [2.24, 2.45) is 5.92 Å². The van der Waals surface area contributed by atoms with E-state index in [2.05, 4.69) is 24.1 Å². The summed E-state index contributed by atoms with van der Waals surface area (Å²) in [6.45, 7) is 9.43. The Bertz CT molecular complexity index is 225. The molecule has 1 rings (SSSR count). The van der Waals surface area contributed by atoms with E-state index in [1.807, 2.05) is 6.92 Å². The summed E-state index contributed by atoms with van der Waals surface area (Å²) in [6.07, 6.45) is 0.711. The van der Waals surface area contributed by atoms with Crippen LogP contribution in [0, 0.1) is 5.92 Å². The summed E-state index contributed by atoms with van der Waals surface area (Å²) in [4.78, 5) is 13.5. The van der Waals surface area contributed by atoms with Gasteiger partial charge in [-0.25, -0.2) is 0 Å². The van der Waals surface area contributed by atoms with Crippen LogP contribution >= 0.6 is 0 Å². The molecule has 0 aromatic carbocycles. The van der Waals surface area contributed by atoms with Gasteiger partial charge in [0.25, 0.3) is 0 Å². The average molecular weight is 214 g/mol. The number of carboxylic acid groups (broad SMARTS) is 1. The maximum atomic E-state index is 11.4. The first-order chi connectivity index (χ1) is 6.97. The Balaban J connectivity index is 2.74. The van der Waals surface area contributed by atoms with E-state index in [0.29, 0.717) is 12.3 Å². The molecule has 1 atom stereocenters. The van der Waals surface area contributed by atoms with Crippen molar-refractivity contribution >= 4 is 5.97 Å². The van der Waals surface area contributed by atoms with E-state index < -0.39 is 11.5 Å². The minimum absolute atomic E-state index is 0.404. The number of rotatable bonds is 4. The second-order valence-corrected chi connectivity index (χ2v) is 4.91. The van der Waals surface area contributed by atoms with Crippen LogP contribution in [-0.4, -0.2) is 47.7 Å². The van der Waals surface area contributed by atoms with Crippen molar-refractivity contribution in [1.29, 1.82) is 0 Å². The lowest BCUT2D eigenvalue weighted by Gasteiger charge is -2.41. The molecule has 4 nitrogen and oxygen atoms in total. The van der Waals surface area contributed by atoms with Gasteiger partial charge in [0.2, 0.25) is 0 Å². The molecule has 0 saturated carbocycles. The van der Waals surface area contributed by atoms with Gasteiger partial charge in [0.15, 0.2) is 0 Å². The van der Waals surface area contributed by atoms with Crippen molar-refractivity contribution < 1.29 is 9.90 Å². The van der Waals surface area contributed by atoms with Gasteiger partial charge in [-0.2, -0.15) is 0 Å². The van der Waals surface area contributed by atoms with Crippen molar-refractivity contribution in [3.63, 3.8) is 0 Å². The smallest absolute Gasteiger partial charge is 0.323 e. The lowest BCUT2D eigenvalue weighted by atomic mass is 9.88. The van der Waals surface area contributed by atoms with Crippen LogP contribution in [0.5, 0.6) is 0 Å². The molecule has 1 fully saturated rings. The zero-order valence-electron chi connectivity index (χ0n) is 9.92. The van der Waals surface area contributed by atoms with E-state index in [1.54, 1.807) is 0 Å². The fourth-order valence-electron chi connectivity index (χ4n) is 2.30. The normalized spacial score (nSPS) is 22.7. The van der Waals surface area contributed by atoms with Crippen LogP contribution in [0.15, 0.2) is 0 Å². The molecule has 2 N–H and O–H groups in total. The van der Waals surface area contributed by atoms with Gasteiger partial charge < -0.3 is 10.4 Å². The molecule has 0 aliphatic carbocycles. The van der Waals surface area contributed by atoms with Crippen LogP contribution in [0.25, 0.3) is 0 Å². The molecule has 1 heterocycles. The predicted octanol–water partition coefficient (Wildman–Crippen LogP) is 0.781. The SMILES string of the molecule is CC(C)CC(C)(C(=O)O)N1CCNCC1. The molecule has 1 saturated heterocycles. The standard InChI is InChI=1S/C11H22N2O2/c1-9(2)8-11(3,10(14)15)13-6-4-12-5-7-13/h9,12H,4-8H2,1-3H3,(H,14,15). The zero-order chi connectivity index (χ0) is 11.5.